The Balaban J connectivity index is 1.97. The predicted molar refractivity (Wildman–Crippen MR) is 81.0 cm³/mol. The van der Waals surface area contributed by atoms with Crippen LogP contribution >= 0.6 is 0 Å². The summed E-state index contributed by atoms with van der Waals surface area (Å²) in [5, 5.41) is 9.81. The van der Waals surface area contributed by atoms with E-state index in [0.29, 0.717) is 5.76 Å². The molecule has 6 nitrogen and oxygen atoms in total. The van der Waals surface area contributed by atoms with Crippen molar-refractivity contribution in [2.45, 2.75) is 24.3 Å². The molecule has 1 aromatic carbocycles. The number of furan rings is 1. The monoisotopic (exact) mass is 343 g/mol. The average molecular weight is 343 g/mol. The van der Waals surface area contributed by atoms with Gasteiger partial charge in [-0.2, -0.15) is 0 Å². The molecule has 2 N–H and O–H groups in total. The number of hydrogen-bond donors (Lipinski definition) is 2. The maximum absolute atomic E-state index is 13.7. The highest BCUT2D eigenvalue weighted by atomic mass is 32.2. The normalized spacial score (nSPS) is 13.0. The molecule has 0 aliphatic carbocycles. The number of ether oxygens (including phenoxy) is 1. The first-order valence-electron chi connectivity index (χ1n) is 7.07. The van der Waals surface area contributed by atoms with Gasteiger partial charge in [-0.3, -0.25) is 0 Å². The molecule has 1 unspecified atom stereocenters. The Morgan fingerprint density at radius 3 is 2.78 bits per heavy atom. The number of hydrogen-bond acceptors (Lipinski definition) is 5. The van der Waals surface area contributed by atoms with Crippen LogP contribution in [0.25, 0.3) is 0 Å². The van der Waals surface area contributed by atoms with E-state index in [4.69, 9.17) is 9.15 Å². The van der Waals surface area contributed by atoms with Gasteiger partial charge in [0.05, 0.1) is 17.8 Å². The van der Waals surface area contributed by atoms with Crippen LogP contribution in [0.4, 0.5) is 4.39 Å². The van der Waals surface area contributed by atoms with E-state index < -0.39 is 21.9 Å². The van der Waals surface area contributed by atoms with Gasteiger partial charge in [0.15, 0.2) is 11.6 Å². The number of aliphatic hydroxyl groups is 1. The second-order valence-corrected chi connectivity index (χ2v) is 6.51. The van der Waals surface area contributed by atoms with Crippen molar-refractivity contribution < 1.29 is 27.1 Å². The number of sulfonamides is 1. The minimum Gasteiger partial charge on any atom is -0.491 e. The summed E-state index contributed by atoms with van der Waals surface area (Å²) in [6.07, 6.45) is 0.641. The third-order valence-corrected chi connectivity index (χ3v) is 4.55. The van der Waals surface area contributed by atoms with Gasteiger partial charge >= 0.3 is 0 Å². The van der Waals surface area contributed by atoms with E-state index in [2.05, 4.69) is 4.72 Å². The molecule has 2 rings (SSSR count). The fraction of sp³-hybridized carbons (Fsp3) is 0.333. The number of halogens is 1. The average Bonchev–Trinajstić information content (AvgIpc) is 3.03. The largest absolute Gasteiger partial charge is 0.491 e. The summed E-state index contributed by atoms with van der Waals surface area (Å²) >= 11 is 0. The van der Waals surface area contributed by atoms with E-state index in [1.165, 1.54) is 18.4 Å². The van der Waals surface area contributed by atoms with Gasteiger partial charge in [-0.05, 0) is 43.7 Å². The van der Waals surface area contributed by atoms with Gasteiger partial charge in [-0.25, -0.2) is 17.5 Å². The highest BCUT2D eigenvalue weighted by Gasteiger charge is 2.18. The molecule has 0 radical (unpaired) electrons. The molecular formula is C15H18FNO5S. The van der Waals surface area contributed by atoms with Gasteiger partial charge in [-0.15, -0.1) is 0 Å². The molecular weight excluding hydrogens is 325 g/mol. The number of rotatable bonds is 8. The summed E-state index contributed by atoms with van der Waals surface area (Å²) in [7, 11) is -3.87. The van der Waals surface area contributed by atoms with Crippen LogP contribution in [-0.4, -0.2) is 26.7 Å². The Hall–Kier alpha value is -1.90. The molecule has 0 amide bonds. The molecule has 2 aromatic rings. The zero-order chi connectivity index (χ0) is 16.9. The SMILES string of the molecule is CCOc1ccc(S(=O)(=O)NCCC(O)c2ccco2)cc1F. The van der Waals surface area contributed by atoms with Gasteiger partial charge in [0.25, 0.3) is 0 Å². The van der Waals surface area contributed by atoms with Crippen molar-refractivity contribution in [2.75, 3.05) is 13.2 Å². The summed E-state index contributed by atoms with van der Waals surface area (Å²) in [5.74, 6) is -0.388. The first-order chi connectivity index (χ1) is 10.9. The fourth-order valence-corrected chi connectivity index (χ4v) is 3.02. The summed E-state index contributed by atoms with van der Waals surface area (Å²) in [6.45, 7) is 1.97. The third-order valence-electron chi connectivity index (χ3n) is 3.09. The zero-order valence-electron chi connectivity index (χ0n) is 12.5. The summed E-state index contributed by atoms with van der Waals surface area (Å²) < 4.78 is 50.3. The van der Waals surface area contributed by atoms with Crippen LogP contribution in [0.2, 0.25) is 0 Å². The molecule has 0 saturated carbocycles. The maximum Gasteiger partial charge on any atom is 0.240 e. The second-order valence-electron chi connectivity index (χ2n) is 4.74. The Labute approximate surface area is 133 Å². The lowest BCUT2D eigenvalue weighted by Gasteiger charge is -2.11. The number of nitrogens with one attached hydrogen (secondary N) is 1. The molecule has 0 saturated heterocycles. The first kappa shape index (κ1) is 17.5. The molecule has 0 bridgehead atoms. The molecule has 0 fully saturated rings. The standard InChI is InChI=1S/C15H18FNO5S/c1-2-21-14-6-5-11(10-12(14)16)23(19,20)17-8-7-13(18)15-4-3-9-22-15/h3-6,9-10,13,17-18H,2,7-8H2,1H3. The summed E-state index contributed by atoms with van der Waals surface area (Å²) in [5.41, 5.74) is 0. The molecule has 0 spiro atoms. The lowest BCUT2D eigenvalue weighted by Crippen LogP contribution is -2.26. The lowest BCUT2D eigenvalue weighted by molar-refractivity contribution is 0.142. The predicted octanol–water partition coefficient (Wildman–Crippen LogP) is 2.22. The molecule has 23 heavy (non-hydrogen) atoms. The van der Waals surface area contributed by atoms with Crippen LogP contribution in [0.3, 0.4) is 0 Å². The van der Waals surface area contributed by atoms with Crippen LogP contribution in [-0.2, 0) is 10.0 Å². The van der Waals surface area contributed by atoms with Crippen LogP contribution < -0.4 is 9.46 Å². The van der Waals surface area contributed by atoms with E-state index in [9.17, 15) is 17.9 Å². The summed E-state index contributed by atoms with van der Waals surface area (Å²) in [4.78, 5) is -0.203. The molecule has 0 aliphatic heterocycles. The van der Waals surface area contributed by atoms with Gasteiger partial charge in [-0.1, -0.05) is 0 Å². The second kappa shape index (κ2) is 7.58. The minimum absolute atomic E-state index is 0.000286. The number of benzene rings is 1. The third kappa shape index (κ3) is 4.54. The Morgan fingerprint density at radius 1 is 1.39 bits per heavy atom. The number of aliphatic hydroxyl groups excluding tert-OH is 1. The minimum atomic E-state index is -3.87. The zero-order valence-corrected chi connectivity index (χ0v) is 13.3. The quantitative estimate of drug-likeness (QED) is 0.767. The van der Waals surface area contributed by atoms with Crippen molar-refractivity contribution in [3.05, 3.63) is 48.2 Å². The van der Waals surface area contributed by atoms with E-state index in [1.54, 1.807) is 19.1 Å². The van der Waals surface area contributed by atoms with E-state index >= 15 is 0 Å². The van der Waals surface area contributed by atoms with Crippen molar-refractivity contribution in [3.8, 4) is 5.75 Å². The Morgan fingerprint density at radius 2 is 2.17 bits per heavy atom. The van der Waals surface area contributed by atoms with Crippen LogP contribution in [0, 0.1) is 5.82 Å². The van der Waals surface area contributed by atoms with Gasteiger partial charge in [0, 0.05) is 6.54 Å². The van der Waals surface area contributed by atoms with E-state index in [0.717, 1.165) is 6.07 Å². The van der Waals surface area contributed by atoms with Crippen molar-refractivity contribution >= 4 is 10.0 Å². The van der Waals surface area contributed by atoms with Crippen molar-refractivity contribution in [3.63, 3.8) is 0 Å². The van der Waals surface area contributed by atoms with Gasteiger partial charge in [0.1, 0.15) is 11.9 Å². The van der Waals surface area contributed by atoms with Crippen molar-refractivity contribution in [1.82, 2.24) is 4.72 Å². The Bertz CT molecular complexity index is 730. The highest BCUT2D eigenvalue weighted by molar-refractivity contribution is 7.89. The summed E-state index contributed by atoms with van der Waals surface area (Å²) in [6, 6.07) is 6.66. The fourth-order valence-electron chi connectivity index (χ4n) is 1.96. The molecule has 0 aliphatic rings. The maximum atomic E-state index is 13.7. The van der Waals surface area contributed by atoms with Crippen LogP contribution in [0.1, 0.15) is 25.2 Å². The highest BCUT2D eigenvalue weighted by Crippen LogP contribution is 2.21. The molecule has 8 heteroatoms. The van der Waals surface area contributed by atoms with Crippen molar-refractivity contribution in [1.29, 1.82) is 0 Å². The van der Waals surface area contributed by atoms with Crippen LogP contribution in [0.5, 0.6) is 5.75 Å². The lowest BCUT2D eigenvalue weighted by atomic mass is 10.2. The van der Waals surface area contributed by atoms with Crippen LogP contribution in [0.15, 0.2) is 45.9 Å². The van der Waals surface area contributed by atoms with E-state index in [-0.39, 0.29) is 30.2 Å². The molecule has 1 aromatic heterocycles. The molecule has 1 heterocycles. The van der Waals surface area contributed by atoms with Gasteiger partial charge < -0.3 is 14.3 Å². The first-order valence-corrected chi connectivity index (χ1v) is 8.56. The Kier molecular flexibility index (Phi) is 5.75. The smallest absolute Gasteiger partial charge is 0.240 e. The van der Waals surface area contributed by atoms with Crippen molar-refractivity contribution in [2.24, 2.45) is 0 Å². The molecule has 1 atom stereocenters. The topological polar surface area (TPSA) is 88.8 Å². The molecule has 126 valence electrons. The van der Waals surface area contributed by atoms with E-state index in [1.807, 2.05) is 0 Å². The van der Waals surface area contributed by atoms with Gasteiger partial charge in [0.2, 0.25) is 10.0 Å².